The number of pyridine rings is 1. The lowest BCUT2D eigenvalue weighted by atomic mass is 10.1. The zero-order valence-corrected chi connectivity index (χ0v) is 13.6. The van der Waals surface area contributed by atoms with Crippen molar-refractivity contribution in [3.8, 4) is 11.9 Å². The van der Waals surface area contributed by atoms with Crippen molar-refractivity contribution in [2.24, 2.45) is 0 Å². The molecule has 1 aliphatic heterocycles. The number of likely N-dealkylation sites (tertiary alicyclic amines) is 1. The van der Waals surface area contributed by atoms with Crippen LogP contribution in [0.25, 0.3) is 0 Å². The molecule has 0 aliphatic carbocycles. The van der Waals surface area contributed by atoms with Crippen molar-refractivity contribution in [3.63, 3.8) is 0 Å². The fourth-order valence-electron chi connectivity index (χ4n) is 2.41. The van der Waals surface area contributed by atoms with E-state index in [1.54, 1.807) is 17.0 Å². The van der Waals surface area contributed by atoms with Crippen molar-refractivity contribution < 1.29 is 9.53 Å². The van der Waals surface area contributed by atoms with E-state index in [9.17, 15) is 4.79 Å². The molecule has 3 rings (SSSR count). The van der Waals surface area contributed by atoms with Crippen LogP contribution in [0.5, 0.6) is 5.88 Å². The van der Waals surface area contributed by atoms with Crippen LogP contribution in [-0.2, 0) is 0 Å². The molecule has 6 heteroatoms. The Bertz CT molecular complexity index is 807. The summed E-state index contributed by atoms with van der Waals surface area (Å²) in [5, 5.41) is 11.8. The van der Waals surface area contributed by atoms with Crippen molar-refractivity contribution in [1.82, 2.24) is 9.88 Å². The van der Waals surface area contributed by atoms with E-state index in [2.05, 4.69) is 10.3 Å². The largest absolute Gasteiger partial charge is 0.471 e. The molecule has 1 fully saturated rings. The number of amides is 2. The van der Waals surface area contributed by atoms with Gasteiger partial charge in [-0.2, -0.15) is 5.26 Å². The Morgan fingerprint density at radius 1 is 1.29 bits per heavy atom. The minimum atomic E-state index is -0.142. The van der Waals surface area contributed by atoms with Crippen molar-refractivity contribution >= 4 is 11.7 Å². The molecule has 1 aliphatic rings. The molecule has 2 aromatic rings. The summed E-state index contributed by atoms with van der Waals surface area (Å²) in [6, 6.07) is 11.0. The third-order valence-corrected chi connectivity index (χ3v) is 4.04. The summed E-state index contributed by atoms with van der Waals surface area (Å²) in [7, 11) is 0. The number of rotatable bonds is 3. The number of carbonyl (C=O) groups is 1. The zero-order valence-electron chi connectivity index (χ0n) is 13.6. The van der Waals surface area contributed by atoms with Crippen LogP contribution in [0.2, 0.25) is 0 Å². The van der Waals surface area contributed by atoms with Gasteiger partial charge in [-0.1, -0.05) is 6.07 Å². The normalized spacial score (nSPS) is 13.8. The molecule has 1 N–H and O–H groups in total. The molecular formula is C18H18N4O2. The molecule has 1 aromatic heterocycles. The summed E-state index contributed by atoms with van der Waals surface area (Å²) in [5.41, 5.74) is 3.62. The predicted molar refractivity (Wildman–Crippen MR) is 89.9 cm³/mol. The molecule has 0 spiro atoms. The van der Waals surface area contributed by atoms with E-state index in [4.69, 9.17) is 10.00 Å². The number of hydrogen-bond acceptors (Lipinski definition) is 4. The third-order valence-electron chi connectivity index (χ3n) is 4.04. The molecule has 2 amide bonds. The average Bonchev–Trinajstić information content (AvgIpc) is 2.54. The Hall–Kier alpha value is -3.07. The summed E-state index contributed by atoms with van der Waals surface area (Å²) >= 11 is 0. The molecule has 2 heterocycles. The number of hydrogen-bond donors (Lipinski definition) is 1. The van der Waals surface area contributed by atoms with Crippen LogP contribution in [0.1, 0.15) is 16.7 Å². The van der Waals surface area contributed by atoms with E-state index < -0.39 is 0 Å². The van der Waals surface area contributed by atoms with E-state index in [0.717, 1.165) is 11.3 Å². The number of benzene rings is 1. The highest BCUT2D eigenvalue weighted by Crippen LogP contribution is 2.19. The second-order valence-corrected chi connectivity index (χ2v) is 5.87. The number of nitrogens with one attached hydrogen (secondary N) is 1. The quantitative estimate of drug-likeness (QED) is 0.942. The van der Waals surface area contributed by atoms with Crippen LogP contribution in [0.15, 0.2) is 36.5 Å². The number of urea groups is 1. The number of carbonyl (C=O) groups excluding carboxylic acids is 1. The van der Waals surface area contributed by atoms with Gasteiger partial charge in [0.2, 0.25) is 5.88 Å². The van der Waals surface area contributed by atoms with Gasteiger partial charge in [0.25, 0.3) is 0 Å². The smallest absolute Gasteiger partial charge is 0.322 e. The van der Waals surface area contributed by atoms with Crippen LogP contribution >= 0.6 is 0 Å². The topological polar surface area (TPSA) is 78.3 Å². The summed E-state index contributed by atoms with van der Waals surface area (Å²) < 4.78 is 5.67. The van der Waals surface area contributed by atoms with Gasteiger partial charge in [-0.25, -0.2) is 9.78 Å². The Kier molecular flexibility index (Phi) is 4.34. The first-order chi connectivity index (χ1) is 11.5. The first-order valence-electron chi connectivity index (χ1n) is 7.71. The molecule has 6 nitrogen and oxygen atoms in total. The molecule has 0 radical (unpaired) electrons. The maximum absolute atomic E-state index is 12.2. The van der Waals surface area contributed by atoms with Gasteiger partial charge < -0.3 is 15.0 Å². The zero-order chi connectivity index (χ0) is 17.1. The maximum Gasteiger partial charge on any atom is 0.322 e. The highest BCUT2D eigenvalue weighted by molar-refractivity contribution is 5.90. The van der Waals surface area contributed by atoms with Crippen molar-refractivity contribution in [3.05, 3.63) is 53.2 Å². The van der Waals surface area contributed by atoms with E-state index in [0.29, 0.717) is 24.5 Å². The van der Waals surface area contributed by atoms with Gasteiger partial charge in [0.15, 0.2) is 0 Å². The van der Waals surface area contributed by atoms with Gasteiger partial charge >= 0.3 is 6.03 Å². The van der Waals surface area contributed by atoms with Gasteiger partial charge in [0, 0.05) is 18.0 Å². The van der Waals surface area contributed by atoms with Crippen LogP contribution < -0.4 is 10.1 Å². The summed E-state index contributed by atoms with van der Waals surface area (Å²) in [6.07, 6.45) is 1.44. The van der Waals surface area contributed by atoms with Crippen molar-refractivity contribution in [1.29, 1.82) is 5.26 Å². The van der Waals surface area contributed by atoms with Crippen LogP contribution in [0.4, 0.5) is 10.5 Å². The molecular weight excluding hydrogens is 304 g/mol. The molecule has 0 atom stereocenters. The average molecular weight is 322 g/mol. The van der Waals surface area contributed by atoms with E-state index >= 15 is 0 Å². The van der Waals surface area contributed by atoms with Gasteiger partial charge in [-0.05, 0) is 43.2 Å². The first kappa shape index (κ1) is 15.8. The molecule has 1 saturated heterocycles. The van der Waals surface area contributed by atoms with E-state index in [1.165, 1.54) is 11.8 Å². The predicted octanol–water partition coefficient (Wildman–Crippen LogP) is 2.87. The SMILES string of the molecule is Cc1ccc(NC(=O)N2CC(Oc3cc(C#N)ccn3)C2)cc1C. The van der Waals surface area contributed by atoms with Gasteiger partial charge in [-0.3, -0.25) is 0 Å². The Morgan fingerprint density at radius 2 is 2.08 bits per heavy atom. The summed E-state index contributed by atoms with van der Waals surface area (Å²) in [6.45, 7) is 5.04. The molecule has 122 valence electrons. The van der Waals surface area contributed by atoms with E-state index in [-0.39, 0.29) is 12.1 Å². The number of aryl methyl sites for hydroxylation is 2. The fraction of sp³-hybridized carbons (Fsp3) is 0.278. The first-order valence-corrected chi connectivity index (χ1v) is 7.71. The number of nitriles is 1. The molecule has 0 unspecified atom stereocenters. The van der Waals surface area contributed by atoms with Gasteiger partial charge in [0.05, 0.1) is 24.7 Å². The lowest BCUT2D eigenvalue weighted by molar-refractivity contribution is 0.0461. The lowest BCUT2D eigenvalue weighted by Gasteiger charge is -2.38. The van der Waals surface area contributed by atoms with Gasteiger partial charge in [-0.15, -0.1) is 0 Å². The fourth-order valence-corrected chi connectivity index (χ4v) is 2.41. The Labute approximate surface area is 140 Å². The molecule has 24 heavy (non-hydrogen) atoms. The lowest BCUT2D eigenvalue weighted by Crippen LogP contribution is -2.57. The number of ether oxygens (including phenoxy) is 1. The minimum absolute atomic E-state index is 0.100. The van der Waals surface area contributed by atoms with Crippen LogP contribution in [-0.4, -0.2) is 35.1 Å². The highest BCUT2D eigenvalue weighted by atomic mass is 16.5. The monoisotopic (exact) mass is 322 g/mol. The maximum atomic E-state index is 12.2. The Morgan fingerprint density at radius 3 is 2.79 bits per heavy atom. The summed E-state index contributed by atoms with van der Waals surface area (Å²) in [5.74, 6) is 0.410. The van der Waals surface area contributed by atoms with Crippen LogP contribution in [0, 0.1) is 25.2 Å². The van der Waals surface area contributed by atoms with Crippen LogP contribution in [0.3, 0.4) is 0 Å². The highest BCUT2D eigenvalue weighted by Gasteiger charge is 2.32. The Balaban J connectivity index is 1.51. The minimum Gasteiger partial charge on any atom is -0.471 e. The number of anilines is 1. The third kappa shape index (κ3) is 3.46. The molecule has 0 saturated carbocycles. The second kappa shape index (κ2) is 6.59. The molecule has 1 aromatic carbocycles. The number of aromatic nitrogens is 1. The number of nitrogens with zero attached hydrogens (tertiary/aromatic N) is 3. The second-order valence-electron chi connectivity index (χ2n) is 5.87. The van der Waals surface area contributed by atoms with Gasteiger partial charge in [0.1, 0.15) is 6.10 Å². The standard InChI is InChI=1S/C18H18N4O2/c1-12-3-4-15(7-13(12)2)21-18(23)22-10-16(11-22)24-17-8-14(9-19)5-6-20-17/h3-8,16H,10-11H2,1-2H3,(H,21,23). The molecule has 0 bridgehead atoms. The summed E-state index contributed by atoms with van der Waals surface area (Å²) in [4.78, 5) is 17.9. The van der Waals surface area contributed by atoms with Crippen molar-refractivity contribution in [2.45, 2.75) is 20.0 Å². The van der Waals surface area contributed by atoms with Crippen molar-refractivity contribution in [2.75, 3.05) is 18.4 Å². The van der Waals surface area contributed by atoms with E-state index in [1.807, 2.05) is 38.1 Å².